The van der Waals surface area contributed by atoms with Crippen molar-refractivity contribution in [1.29, 1.82) is 0 Å². The Hall–Kier alpha value is -6.72. The summed E-state index contributed by atoms with van der Waals surface area (Å²) in [4.78, 5) is 5.15. The molecule has 0 N–H and O–H groups in total. The molecule has 0 saturated heterocycles. The highest BCUT2D eigenvalue weighted by Crippen LogP contribution is 2.42. The maximum Gasteiger partial charge on any atom is 0.138 e. The van der Waals surface area contributed by atoms with Crippen molar-refractivity contribution in [1.82, 2.24) is 19.3 Å². The van der Waals surface area contributed by atoms with E-state index in [-0.39, 0.29) is 16.2 Å². The van der Waals surface area contributed by atoms with Crippen molar-refractivity contribution < 1.29 is 8.85 Å². The van der Waals surface area contributed by atoms with Gasteiger partial charge in [0.05, 0.1) is 22.9 Å². The molecule has 0 aliphatic heterocycles. The van der Waals surface area contributed by atoms with Gasteiger partial charge in [0.2, 0.25) is 0 Å². The number of benzene rings is 6. The molecular weight excluding hydrogens is 769 g/mol. The van der Waals surface area contributed by atoms with Crippen molar-refractivity contribution in [3.05, 3.63) is 180 Å². The fourth-order valence-electron chi connectivity index (χ4n) is 8.56. The third kappa shape index (κ3) is 8.09. The van der Waals surface area contributed by atoms with E-state index in [1.54, 1.807) is 0 Å². The van der Waals surface area contributed by atoms with Gasteiger partial charge in [0.15, 0.2) is 0 Å². The van der Waals surface area contributed by atoms with E-state index in [2.05, 4.69) is 128 Å². The number of ether oxygens (including phenoxy) is 1. The van der Waals surface area contributed by atoms with Gasteiger partial charge in [-0.05, 0) is 116 Å². The molecule has 6 aromatic carbocycles. The van der Waals surface area contributed by atoms with E-state index in [1.807, 2.05) is 103 Å². The van der Waals surface area contributed by atoms with Crippen LogP contribution in [0.4, 0.5) is 0 Å². The molecule has 0 bridgehead atoms. The zero-order valence-electron chi connectivity index (χ0n) is 41.1. The van der Waals surface area contributed by atoms with Gasteiger partial charge in [-0.15, -0.1) is 0 Å². The summed E-state index contributed by atoms with van der Waals surface area (Å²) < 4.78 is 37.1. The summed E-state index contributed by atoms with van der Waals surface area (Å²) >= 11 is 0. The van der Waals surface area contributed by atoms with E-state index in [1.165, 1.54) is 11.1 Å². The van der Waals surface area contributed by atoms with Gasteiger partial charge in [-0.3, -0.25) is 4.57 Å². The van der Waals surface area contributed by atoms with Crippen molar-refractivity contribution in [3.8, 4) is 56.4 Å². The number of nitrogens with zero attached hydrogens (tertiary/aromatic N) is 4. The van der Waals surface area contributed by atoms with Crippen molar-refractivity contribution in [3.63, 3.8) is 0 Å². The molecule has 316 valence electrons. The second-order valence-corrected chi connectivity index (χ2v) is 20.0. The summed E-state index contributed by atoms with van der Waals surface area (Å²) in [5.41, 5.74) is 12.9. The molecule has 0 fully saturated rings. The molecule has 3 aromatic heterocycles. The van der Waals surface area contributed by atoms with Crippen LogP contribution in [0.25, 0.3) is 66.7 Å². The molecule has 0 radical (unpaired) electrons. The molecule has 0 aliphatic rings. The maximum absolute atomic E-state index is 8.80. The number of hydrogen-bond acceptors (Lipinski definition) is 3. The molecule has 5 heteroatoms. The fourth-order valence-corrected chi connectivity index (χ4v) is 8.56. The Morgan fingerprint density at radius 3 is 1.89 bits per heavy atom. The lowest BCUT2D eigenvalue weighted by atomic mass is 9.79. The highest BCUT2D eigenvalue weighted by Gasteiger charge is 2.23. The van der Waals surface area contributed by atoms with E-state index in [0.29, 0.717) is 28.4 Å². The van der Waals surface area contributed by atoms with Crippen LogP contribution in [0.15, 0.2) is 152 Å². The first-order valence-electron chi connectivity index (χ1n) is 23.4. The lowest BCUT2D eigenvalue weighted by molar-refractivity contribution is 0.483. The highest BCUT2D eigenvalue weighted by molar-refractivity contribution is 6.09. The summed E-state index contributed by atoms with van der Waals surface area (Å²) in [6.45, 7) is 19.6. The smallest absolute Gasteiger partial charge is 0.138 e. The molecule has 0 unspecified atom stereocenters. The van der Waals surface area contributed by atoms with Gasteiger partial charge in [0.25, 0.3) is 0 Å². The van der Waals surface area contributed by atoms with Crippen LogP contribution in [0, 0.1) is 13.8 Å². The van der Waals surface area contributed by atoms with Gasteiger partial charge < -0.3 is 4.74 Å². The predicted octanol–water partition coefficient (Wildman–Crippen LogP) is 15.7. The topological polar surface area (TPSA) is 44.9 Å². The molecule has 0 saturated carbocycles. The second kappa shape index (κ2) is 15.6. The van der Waals surface area contributed by atoms with Gasteiger partial charge in [0, 0.05) is 50.5 Å². The number of fused-ring (bicyclic) bond motifs is 3. The Balaban J connectivity index is 1.13. The minimum Gasteiger partial charge on any atom is -0.457 e. The van der Waals surface area contributed by atoms with Gasteiger partial charge in [-0.1, -0.05) is 147 Å². The minimum atomic E-state index is -2.36. The molecule has 0 aliphatic carbocycles. The maximum atomic E-state index is 8.80. The highest BCUT2D eigenvalue weighted by atomic mass is 16.5. The molecule has 63 heavy (non-hydrogen) atoms. The van der Waals surface area contributed by atoms with Crippen molar-refractivity contribution >= 4 is 21.8 Å². The standard InChI is InChI=1S/C58H58N4O/c1-37-26-42(56(3,4)5)27-38(2)55(37)50-33-54(59-35-51(50)39-18-13-12-14-19-39)62-52-23-16-15-22-48(52)49-25-24-47(32-53(49)62)63-46-21-17-20-45(31-46)61-36-41(34-60-61)40-28-43(57(6,7)8)30-44(29-40)58(9,10)11/h12-36H,1-11H3/i1D3. The van der Waals surface area contributed by atoms with E-state index < -0.39 is 6.85 Å². The first kappa shape index (κ1) is 38.0. The Labute approximate surface area is 377 Å². The van der Waals surface area contributed by atoms with E-state index in [0.717, 1.165) is 66.4 Å². The third-order valence-corrected chi connectivity index (χ3v) is 12.2. The SMILES string of the molecule is [2H]C([2H])([2H])c1cc(C(C)(C)C)cc(C)c1-c1cc(-n2c3ccccc3c3ccc(Oc4cccc(-n5cc(-c6cc(C(C)(C)C)cc(C(C)(C)C)c6)cn5)c4)cc32)ncc1-c1ccccc1. The first-order valence-corrected chi connectivity index (χ1v) is 21.9. The number of aromatic nitrogens is 4. The third-order valence-electron chi connectivity index (χ3n) is 12.2. The average Bonchev–Trinajstić information content (AvgIpc) is 3.89. The molecule has 0 spiro atoms. The van der Waals surface area contributed by atoms with Gasteiger partial charge in [-0.2, -0.15) is 5.10 Å². The molecule has 9 aromatic rings. The van der Waals surface area contributed by atoms with Crippen LogP contribution in [0.1, 0.15) is 94.2 Å². The predicted molar refractivity (Wildman–Crippen MR) is 264 cm³/mol. The Bertz CT molecular complexity index is 3250. The van der Waals surface area contributed by atoms with E-state index >= 15 is 0 Å². The summed E-state index contributed by atoms with van der Waals surface area (Å²) in [6.07, 6.45) is 5.91. The quantitative estimate of drug-likeness (QED) is 0.161. The van der Waals surface area contributed by atoms with Gasteiger partial charge >= 0.3 is 0 Å². The zero-order chi connectivity index (χ0) is 46.9. The van der Waals surface area contributed by atoms with Crippen molar-refractivity contribution in [2.45, 2.75) is 92.3 Å². The fraction of sp³-hybridized carbons (Fsp3) is 0.241. The molecule has 5 nitrogen and oxygen atoms in total. The van der Waals surface area contributed by atoms with Crippen LogP contribution < -0.4 is 4.74 Å². The number of aryl methyl sites for hydroxylation is 2. The van der Waals surface area contributed by atoms with Crippen LogP contribution in [0.2, 0.25) is 0 Å². The molecule has 0 amide bonds. The Morgan fingerprint density at radius 2 is 1.17 bits per heavy atom. The van der Waals surface area contributed by atoms with Crippen LogP contribution in [-0.4, -0.2) is 19.3 Å². The molecule has 3 heterocycles. The van der Waals surface area contributed by atoms with E-state index in [4.69, 9.17) is 18.9 Å². The number of pyridine rings is 1. The van der Waals surface area contributed by atoms with E-state index in [9.17, 15) is 0 Å². The van der Waals surface area contributed by atoms with Crippen LogP contribution in [-0.2, 0) is 16.2 Å². The number of rotatable bonds is 7. The number of hydrogen-bond donors (Lipinski definition) is 0. The Morgan fingerprint density at radius 1 is 0.524 bits per heavy atom. The normalized spacial score (nSPS) is 13.3. The van der Waals surface area contributed by atoms with Gasteiger partial charge in [0.1, 0.15) is 17.3 Å². The minimum absolute atomic E-state index is 0.00492. The molecule has 0 atom stereocenters. The summed E-state index contributed by atoms with van der Waals surface area (Å²) in [5, 5.41) is 6.94. The van der Waals surface area contributed by atoms with Gasteiger partial charge in [-0.25, -0.2) is 9.67 Å². The second-order valence-electron chi connectivity index (χ2n) is 20.0. The average molecular weight is 830 g/mol. The lowest BCUT2D eigenvalue weighted by Gasteiger charge is -2.26. The monoisotopic (exact) mass is 829 g/mol. The Kier molecular flexibility index (Phi) is 9.39. The van der Waals surface area contributed by atoms with Crippen LogP contribution in [0.5, 0.6) is 11.5 Å². The van der Waals surface area contributed by atoms with Crippen molar-refractivity contribution in [2.24, 2.45) is 0 Å². The summed E-state index contributed by atoms with van der Waals surface area (Å²) in [6, 6.07) is 45.6. The van der Waals surface area contributed by atoms with Crippen LogP contribution in [0.3, 0.4) is 0 Å². The first-order chi connectivity index (χ1) is 31.1. The van der Waals surface area contributed by atoms with Crippen molar-refractivity contribution in [2.75, 3.05) is 0 Å². The van der Waals surface area contributed by atoms with Crippen LogP contribution >= 0.6 is 0 Å². The largest absolute Gasteiger partial charge is 0.457 e. The molecular formula is C58H58N4O. The lowest BCUT2D eigenvalue weighted by Crippen LogP contribution is -2.16. The number of para-hydroxylation sites is 1. The molecule has 9 rings (SSSR count). The summed E-state index contributed by atoms with van der Waals surface area (Å²) in [5.74, 6) is 2.01. The zero-order valence-corrected chi connectivity index (χ0v) is 38.1. The summed E-state index contributed by atoms with van der Waals surface area (Å²) in [7, 11) is 0.